The summed E-state index contributed by atoms with van der Waals surface area (Å²) in [5, 5.41) is 12.2. The van der Waals surface area contributed by atoms with Crippen LogP contribution in [0.2, 0.25) is 0 Å². The zero-order chi connectivity index (χ0) is 15.3. The average Bonchev–Trinajstić information content (AvgIpc) is 2.92. The Morgan fingerprint density at radius 2 is 1.81 bits per heavy atom. The summed E-state index contributed by atoms with van der Waals surface area (Å²) in [4.78, 5) is 14.1. The third-order valence-electron chi connectivity index (χ3n) is 5.51. The van der Waals surface area contributed by atoms with Crippen molar-refractivity contribution in [1.82, 2.24) is 10.2 Å². The van der Waals surface area contributed by atoms with E-state index < -0.39 is 0 Å². The van der Waals surface area contributed by atoms with Gasteiger partial charge in [-0.2, -0.15) is 0 Å². The quantitative estimate of drug-likeness (QED) is 0.766. The van der Waals surface area contributed by atoms with E-state index >= 15 is 0 Å². The first-order chi connectivity index (χ1) is 9.96. The van der Waals surface area contributed by atoms with Crippen molar-refractivity contribution < 1.29 is 9.90 Å². The Kier molecular flexibility index (Phi) is 5.53. The summed E-state index contributed by atoms with van der Waals surface area (Å²) in [5.74, 6) is 0. The predicted octanol–water partition coefficient (Wildman–Crippen LogP) is 3.15. The van der Waals surface area contributed by atoms with Gasteiger partial charge in [0.2, 0.25) is 0 Å². The van der Waals surface area contributed by atoms with Crippen LogP contribution in [0.25, 0.3) is 0 Å². The average molecular weight is 296 g/mol. The molecule has 1 saturated heterocycles. The van der Waals surface area contributed by atoms with Crippen molar-refractivity contribution in [1.29, 1.82) is 0 Å². The molecule has 2 amide bonds. The molecule has 2 aliphatic rings. The lowest BCUT2D eigenvalue weighted by Gasteiger charge is -2.39. The van der Waals surface area contributed by atoms with Crippen LogP contribution in [0.3, 0.4) is 0 Å². The van der Waals surface area contributed by atoms with Gasteiger partial charge in [-0.05, 0) is 49.4 Å². The van der Waals surface area contributed by atoms with E-state index in [0.717, 1.165) is 25.9 Å². The summed E-state index contributed by atoms with van der Waals surface area (Å²) >= 11 is 0. The molecule has 2 N–H and O–H groups in total. The highest BCUT2D eigenvalue weighted by Gasteiger charge is 2.37. The van der Waals surface area contributed by atoms with Crippen molar-refractivity contribution in [2.45, 2.75) is 65.2 Å². The van der Waals surface area contributed by atoms with Gasteiger partial charge in [0.05, 0.1) is 0 Å². The van der Waals surface area contributed by atoms with E-state index in [4.69, 9.17) is 0 Å². The van der Waals surface area contributed by atoms with E-state index in [1.807, 2.05) is 4.90 Å². The number of nitrogens with zero attached hydrogens (tertiary/aromatic N) is 1. The van der Waals surface area contributed by atoms with Crippen molar-refractivity contribution in [3.8, 4) is 0 Å². The molecule has 1 saturated carbocycles. The molecule has 4 nitrogen and oxygen atoms in total. The van der Waals surface area contributed by atoms with E-state index in [1.165, 1.54) is 38.5 Å². The maximum Gasteiger partial charge on any atom is 0.317 e. The van der Waals surface area contributed by atoms with Gasteiger partial charge in [-0.15, -0.1) is 0 Å². The van der Waals surface area contributed by atoms with Crippen LogP contribution in [0.5, 0.6) is 0 Å². The van der Waals surface area contributed by atoms with E-state index in [-0.39, 0.29) is 18.1 Å². The fraction of sp³-hybridized carbons (Fsp3) is 0.941. The van der Waals surface area contributed by atoms with Crippen LogP contribution < -0.4 is 5.32 Å². The number of carbonyl (C=O) groups is 1. The molecule has 2 rings (SSSR count). The number of hydrogen-bond donors (Lipinski definition) is 2. The smallest absolute Gasteiger partial charge is 0.317 e. The molecule has 21 heavy (non-hydrogen) atoms. The third kappa shape index (κ3) is 4.60. The summed E-state index contributed by atoms with van der Waals surface area (Å²) in [6, 6.07) is 0.102. The number of rotatable bonds is 5. The number of amides is 2. The van der Waals surface area contributed by atoms with Crippen LogP contribution in [-0.2, 0) is 0 Å². The SMILES string of the molecule is CC(C)(CO)CCCNC(=O)N1CCC2(CCCC2)CC1. The minimum absolute atomic E-state index is 0.0370. The van der Waals surface area contributed by atoms with Gasteiger partial charge >= 0.3 is 6.03 Å². The second kappa shape index (κ2) is 6.99. The summed E-state index contributed by atoms with van der Waals surface area (Å²) < 4.78 is 0. The first-order valence-electron chi connectivity index (χ1n) is 8.60. The zero-order valence-corrected chi connectivity index (χ0v) is 13.8. The van der Waals surface area contributed by atoms with Crippen molar-refractivity contribution in [3.63, 3.8) is 0 Å². The number of carbonyl (C=O) groups excluding carboxylic acids is 1. The molecule has 1 heterocycles. The molecule has 2 fully saturated rings. The molecular weight excluding hydrogens is 264 g/mol. The van der Waals surface area contributed by atoms with Crippen molar-refractivity contribution in [2.75, 3.05) is 26.2 Å². The van der Waals surface area contributed by atoms with Crippen LogP contribution in [0.15, 0.2) is 0 Å². The number of aliphatic hydroxyl groups is 1. The van der Waals surface area contributed by atoms with Crippen LogP contribution in [0, 0.1) is 10.8 Å². The fourth-order valence-corrected chi connectivity index (χ4v) is 3.76. The number of urea groups is 1. The van der Waals surface area contributed by atoms with Crippen LogP contribution in [0.4, 0.5) is 4.79 Å². The van der Waals surface area contributed by atoms with Crippen molar-refractivity contribution >= 4 is 6.03 Å². The Morgan fingerprint density at radius 1 is 1.19 bits per heavy atom. The molecular formula is C17H32N2O2. The molecule has 0 aromatic carbocycles. The second-order valence-corrected chi connectivity index (χ2v) is 7.85. The van der Waals surface area contributed by atoms with Gasteiger partial charge in [0, 0.05) is 26.2 Å². The molecule has 122 valence electrons. The predicted molar refractivity (Wildman–Crippen MR) is 85.2 cm³/mol. The molecule has 0 radical (unpaired) electrons. The lowest BCUT2D eigenvalue weighted by atomic mass is 9.77. The lowest BCUT2D eigenvalue weighted by Crippen LogP contribution is -2.47. The van der Waals surface area contributed by atoms with Gasteiger partial charge < -0.3 is 15.3 Å². The minimum atomic E-state index is -0.0370. The number of piperidine rings is 1. The van der Waals surface area contributed by atoms with Crippen molar-refractivity contribution in [3.05, 3.63) is 0 Å². The topological polar surface area (TPSA) is 52.6 Å². The second-order valence-electron chi connectivity index (χ2n) is 7.85. The molecule has 0 aromatic rings. The Balaban J connectivity index is 1.63. The number of likely N-dealkylation sites (tertiary alicyclic amines) is 1. The standard InChI is InChI=1S/C17H32N2O2/c1-16(2,14-20)6-5-11-18-15(21)19-12-9-17(10-13-19)7-3-4-8-17/h20H,3-14H2,1-2H3,(H,18,21). The molecule has 1 aliphatic carbocycles. The Bertz CT molecular complexity index is 339. The van der Waals surface area contributed by atoms with Crippen LogP contribution in [0.1, 0.15) is 65.2 Å². The molecule has 0 unspecified atom stereocenters. The maximum absolute atomic E-state index is 12.2. The molecule has 1 spiro atoms. The fourth-order valence-electron chi connectivity index (χ4n) is 3.76. The molecule has 0 bridgehead atoms. The lowest BCUT2D eigenvalue weighted by molar-refractivity contribution is 0.120. The molecule has 0 atom stereocenters. The van der Waals surface area contributed by atoms with Gasteiger partial charge in [0.25, 0.3) is 0 Å². The molecule has 0 aromatic heterocycles. The Labute approximate surface area is 129 Å². The summed E-state index contributed by atoms with van der Waals surface area (Å²) in [7, 11) is 0. The number of hydrogen-bond acceptors (Lipinski definition) is 2. The minimum Gasteiger partial charge on any atom is -0.396 e. The maximum atomic E-state index is 12.2. The third-order valence-corrected chi connectivity index (χ3v) is 5.51. The van der Waals surface area contributed by atoms with Gasteiger partial charge in [-0.3, -0.25) is 0 Å². The van der Waals surface area contributed by atoms with E-state index in [0.29, 0.717) is 12.0 Å². The summed E-state index contributed by atoms with van der Waals surface area (Å²) in [6.45, 7) is 6.88. The summed E-state index contributed by atoms with van der Waals surface area (Å²) in [5.41, 5.74) is 0.534. The van der Waals surface area contributed by atoms with Crippen molar-refractivity contribution in [2.24, 2.45) is 10.8 Å². The number of nitrogens with one attached hydrogen (secondary N) is 1. The Hall–Kier alpha value is -0.770. The zero-order valence-electron chi connectivity index (χ0n) is 13.8. The van der Waals surface area contributed by atoms with Gasteiger partial charge in [0.1, 0.15) is 0 Å². The normalized spacial score (nSPS) is 21.8. The number of aliphatic hydroxyl groups excluding tert-OH is 1. The van der Waals surface area contributed by atoms with E-state index in [1.54, 1.807) is 0 Å². The van der Waals surface area contributed by atoms with Crippen LogP contribution >= 0.6 is 0 Å². The summed E-state index contributed by atoms with van der Waals surface area (Å²) in [6.07, 6.45) is 9.76. The van der Waals surface area contributed by atoms with Gasteiger partial charge in [-0.25, -0.2) is 4.79 Å². The Morgan fingerprint density at radius 3 is 2.38 bits per heavy atom. The first-order valence-corrected chi connectivity index (χ1v) is 8.60. The van der Waals surface area contributed by atoms with Crippen LogP contribution in [-0.4, -0.2) is 42.3 Å². The van der Waals surface area contributed by atoms with E-state index in [2.05, 4.69) is 19.2 Å². The van der Waals surface area contributed by atoms with Gasteiger partial charge in [0.15, 0.2) is 0 Å². The van der Waals surface area contributed by atoms with Gasteiger partial charge in [-0.1, -0.05) is 26.7 Å². The molecule has 4 heteroatoms. The molecule has 1 aliphatic heterocycles. The highest BCUT2D eigenvalue weighted by atomic mass is 16.3. The largest absolute Gasteiger partial charge is 0.396 e. The van der Waals surface area contributed by atoms with E-state index in [9.17, 15) is 9.90 Å². The highest BCUT2D eigenvalue weighted by molar-refractivity contribution is 5.74. The first kappa shape index (κ1) is 16.6. The monoisotopic (exact) mass is 296 g/mol. The highest BCUT2D eigenvalue weighted by Crippen LogP contribution is 2.46.